The summed E-state index contributed by atoms with van der Waals surface area (Å²) in [5.74, 6) is 0.230. The Kier molecular flexibility index (Phi) is 4.89. The Morgan fingerprint density at radius 1 is 1.25 bits per heavy atom. The highest BCUT2D eigenvalue weighted by atomic mass is 16.6. The average molecular weight is 338 g/mol. The van der Waals surface area contributed by atoms with Gasteiger partial charge < -0.3 is 9.47 Å². The van der Waals surface area contributed by atoms with Crippen LogP contribution in [-0.4, -0.2) is 71.7 Å². The second kappa shape index (κ2) is 6.64. The highest BCUT2D eigenvalue weighted by molar-refractivity contribution is 5.92. The molecule has 0 saturated carbocycles. The minimum absolute atomic E-state index is 0.0132. The van der Waals surface area contributed by atoms with Gasteiger partial charge in [0.05, 0.1) is 19.3 Å². The van der Waals surface area contributed by atoms with Gasteiger partial charge in [-0.05, 0) is 47.0 Å². The number of amides is 1. The van der Waals surface area contributed by atoms with Gasteiger partial charge in [0.1, 0.15) is 5.60 Å². The van der Waals surface area contributed by atoms with Crippen molar-refractivity contribution < 1.29 is 19.1 Å². The van der Waals surface area contributed by atoms with E-state index in [0.717, 1.165) is 45.6 Å². The zero-order chi connectivity index (χ0) is 17.5. The smallest absolute Gasteiger partial charge is 0.411 e. The number of fused-ring (bicyclic) bond motifs is 2. The maximum absolute atomic E-state index is 13.0. The van der Waals surface area contributed by atoms with Crippen LogP contribution in [0.2, 0.25) is 0 Å². The maximum atomic E-state index is 13.0. The summed E-state index contributed by atoms with van der Waals surface area (Å²) in [6, 6.07) is 0.0495. The molecule has 0 N–H and O–H groups in total. The molecule has 1 amide bonds. The van der Waals surface area contributed by atoms with E-state index in [1.54, 1.807) is 4.90 Å². The van der Waals surface area contributed by atoms with E-state index in [2.05, 4.69) is 11.8 Å². The van der Waals surface area contributed by atoms with Gasteiger partial charge in [-0.2, -0.15) is 0 Å². The van der Waals surface area contributed by atoms with E-state index in [-0.39, 0.29) is 35.9 Å². The number of carbonyl (C=O) groups excluding carboxylic acids is 2. The summed E-state index contributed by atoms with van der Waals surface area (Å²) in [6.07, 6.45) is 2.10. The van der Waals surface area contributed by atoms with Crippen molar-refractivity contribution in [3.05, 3.63) is 0 Å². The molecule has 0 aromatic heterocycles. The first-order valence-corrected chi connectivity index (χ1v) is 9.15. The van der Waals surface area contributed by atoms with Gasteiger partial charge >= 0.3 is 6.09 Å². The first kappa shape index (κ1) is 17.7. The fraction of sp³-hybridized carbons (Fsp3) is 0.889. The number of piperidine rings is 1. The van der Waals surface area contributed by atoms with Crippen molar-refractivity contribution in [1.29, 1.82) is 0 Å². The standard InChI is InChI=1S/C18H30N2O4/c1-12(19-7-9-23-10-8-19)14-11-13-5-6-15(16(14)21)20(13)17(22)24-18(2,3)4/h12-15H,5-11H2,1-4H3. The molecule has 3 heterocycles. The second-order valence-electron chi connectivity index (χ2n) is 8.27. The van der Waals surface area contributed by atoms with Crippen molar-refractivity contribution in [2.24, 2.45) is 5.92 Å². The minimum atomic E-state index is -0.530. The summed E-state index contributed by atoms with van der Waals surface area (Å²) in [6.45, 7) is 11.0. The first-order chi connectivity index (χ1) is 11.3. The number of rotatable bonds is 2. The molecule has 0 aromatic carbocycles. The van der Waals surface area contributed by atoms with E-state index >= 15 is 0 Å². The summed E-state index contributed by atoms with van der Waals surface area (Å²) in [5, 5.41) is 0. The third kappa shape index (κ3) is 3.45. The van der Waals surface area contributed by atoms with Gasteiger partial charge in [-0.3, -0.25) is 14.6 Å². The predicted molar refractivity (Wildman–Crippen MR) is 89.9 cm³/mol. The first-order valence-electron chi connectivity index (χ1n) is 9.15. The van der Waals surface area contributed by atoms with E-state index in [1.165, 1.54) is 0 Å². The largest absolute Gasteiger partial charge is 0.444 e. The molecule has 3 aliphatic heterocycles. The number of Topliss-reactive ketones (excluding diaryl/α,β-unsaturated/α-hetero) is 1. The fourth-order valence-electron chi connectivity index (χ4n) is 4.31. The predicted octanol–water partition coefficient (Wildman–Crippen LogP) is 2.06. The molecule has 4 unspecified atom stereocenters. The summed E-state index contributed by atoms with van der Waals surface area (Å²) >= 11 is 0. The number of hydrogen-bond acceptors (Lipinski definition) is 5. The molecular weight excluding hydrogens is 308 g/mol. The number of ketones is 1. The summed E-state index contributed by atoms with van der Waals surface area (Å²) < 4.78 is 10.9. The molecule has 3 fully saturated rings. The Morgan fingerprint density at radius 2 is 1.92 bits per heavy atom. The Bertz CT molecular complexity index is 496. The molecule has 0 aliphatic carbocycles. The van der Waals surface area contributed by atoms with Crippen LogP contribution >= 0.6 is 0 Å². The van der Waals surface area contributed by atoms with E-state index in [1.807, 2.05) is 20.8 Å². The van der Waals surface area contributed by atoms with Gasteiger partial charge in [0.25, 0.3) is 0 Å². The summed E-state index contributed by atoms with van der Waals surface area (Å²) in [5.41, 5.74) is -0.530. The van der Waals surface area contributed by atoms with Crippen molar-refractivity contribution >= 4 is 11.9 Å². The van der Waals surface area contributed by atoms with Crippen LogP contribution < -0.4 is 0 Å². The van der Waals surface area contributed by atoms with Crippen LogP contribution in [0.3, 0.4) is 0 Å². The molecule has 2 bridgehead atoms. The van der Waals surface area contributed by atoms with Crippen molar-refractivity contribution in [3.8, 4) is 0 Å². The Balaban J connectivity index is 1.70. The maximum Gasteiger partial charge on any atom is 0.411 e. The number of carbonyl (C=O) groups is 2. The molecule has 6 heteroatoms. The van der Waals surface area contributed by atoms with Crippen LogP contribution in [0.15, 0.2) is 0 Å². The monoisotopic (exact) mass is 338 g/mol. The Hall–Kier alpha value is -1.14. The van der Waals surface area contributed by atoms with Gasteiger partial charge in [-0.25, -0.2) is 4.79 Å². The van der Waals surface area contributed by atoms with Crippen LogP contribution in [0.25, 0.3) is 0 Å². The molecule has 0 radical (unpaired) electrons. The Morgan fingerprint density at radius 3 is 2.54 bits per heavy atom. The van der Waals surface area contributed by atoms with Crippen molar-refractivity contribution in [1.82, 2.24) is 9.80 Å². The lowest BCUT2D eigenvalue weighted by molar-refractivity contribution is -0.134. The Labute approximate surface area is 144 Å². The van der Waals surface area contributed by atoms with E-state index in [4.69, 9.17) is 9.47 Å². The molecule has 3 rings (SSSR count). The molecule has 0 spiro atoms. The summed E-state index contributed by atoms with van der Waals surface area (Å²) in [4.78, 5) is 29.6. The van der Waals surface area contributed by atoms with Gasteiger partial charge in [0, 0.05) is 31.1 Å². The molecular formula is C18H30N2O4. The van der Waals surface area contributed by atoms with Crippen molar-refractivity contribution in [3.63, 3.8) is 0 Å². The highest BCUT2D eigenvalue weighted by Gasteiger charge is 2.51. The van der Waals surface area contributed by atoms with E-state index in [0.29, 0.717) is 0 Å². The average Bonchev–Trinajstić information content (AvgIpc) is 2.87. The molecule has 24 heavy (non-hydrogen) atoms. The molecule has 3 aliphatic rings. The molecule has 6 nitrogen and oxygen atoms in total. The van der Waals surface area contributed by atoms with Crippen molar-refractivity contribution in [2.75, 3.05) is 26.3 Å². The second-order valence-corrected chi connectivity index (χ2v) is 8.27. The number of nitrogens with zero attached hydrogens (tertiary/aromatic N) is 2. The zero-order valence-corrected chi connectivity index (χ0v) is 15.3. The van der Waals surface area contributed by atoms with Crippen LogP contribution in [0, 0.1) is 5.92 Å². The lowest BCUT2D eigenvalue weighted by Gasteiger charge is -2.43. The SMILES string of the molecule is CC(C1CC2CCC(C1=O)N2C(=O)OC(C)(C)C)N1CCOCC1. The molecule has 0 aromatic rings. The zero-order valence-electron chi connectivity index (χ0n) is 15.3. The topological polar surface area (TPSA) is 59.1 Å². The quantitative estimate of drug-likeness (QED) is 0.771. The minimum Gasteiger partial charge on any atom is -0.444 e. The van der Waals surface area contributed by atoms with Crippen LogP contribution in [0.1, 0.15) is 47.0 Å². The lowest BCUT2D eigenvalue weighted by atomic mass is 9.83. The number of hydrogen-bond donors (Lipinski definition) is 0. The highest BCUT2D eigenvalue weighted by Crippen LogP contribution is 2.39. The van der Waals surface area contributed by atoms with Crippen LogP contribution in [0.4, 0.5) is 4.79 Å². The number of morpholine rings is 1. The van der Waals surface area contributed by atoms with Gasteiger partial charge in [0.15, 0.2) is 5.78 Å². The van der Waals surface area contributed by atoms with Crippen LogP contribution in [0.5, 0.6) is 0 Å². The third-order valence-corrected chi connectivity index (χ3v) is 5.53. The number of ether oxygens (including phenoxy) is 2. The third-order valence-electron chi connectivity index (χ3n) is 5.53. The van der Waals surface area contributed by atoms with Gasteiger partial charge in [0.2, 0.25) is 0 Å². The van der Waals surface area contributed by atoms with E-state index < -0.39 is 5.60 Å². The molecule has 136 valence electrons. The lowest BCUT2D eigenvalue weighted by Crippen LogP contribution is -2.58. The van der Waals surface area contributed by atoms with Crippen molar-refractivity contribution in [2.45, 2.75) is 70.7 Å². The van der Waals surface area contributed by atoms with Gasteiger partial charge in [-0.1, -0.05) is 0 Å². The van der Waals surface area contributed by atoms with E-state index in [9.17, 15) is 9.59 Å². The van der Waals surface area contributed by atoms with Gasteiger partial charge in [-0.15, -0.1) is 0 Å². The van der Waals surface area contributed by atoms with Crippen LogP contribution in [-0.2, 0) is 14.3 Å². The normalized spacial score (nSPS) is 32.8. The fourth-order valence-corrected chi connectivity index (χ4v) is 4.31. The molecule has 3 saturated heterocycles. The molecule has 4 atom stereocenters. The summed E-state index contributed by atoms with van der Waals surface area (Å²) in [7, 11) is 0.